The summed E-state index contributed by atoms with van der Waals surface area (Å²) in [5.41, 5.74) is -0.251. The Kier molecular flexibility index (Phi) is 4.72. The SMILES string of the molecule is O=C(CCn1ccc(=O)[nH]c1=O)Nc1ccc(I)cc1. The van der Waals surface area contributed by atoms with E-state index in [-0.39, 0.29) is 18.9 Å². The Morgan fingerprint density at radius 1 is 1.20 bits per heavy atom. The van der Waals surface area contributed by atoms with Crippen LogP contribution in [0.3, 0.4) is 0 Å². The number of carbonyl (C=O) groups is 1. The van der Waals surface area contributed by atoms with Gasteiger partial charge in [-0.15, -0.1) is 0 Å². The van der Waals surface area contributed by atoms with Gasteiger partial charge in [-0.05, 0) is 46.9 Å². The van der Waals surface area contributed by atoms with E-state index in [0.29, 0.717) is 5.69 Å². The van der Waals surface area contributed by atoms with Crippen molar-refractivity contribution >= 4 is 34.2 Å². The fourth-order valence-corrected chi connectivity index (χ4v) is 1.96. The number of nitrogens with zero attached hydrogens (tertiary/aromatic N) is 1. The molecule has 2 rings (SSSR count). The van der Waals surface area contributed by atoms with Crippen LogP contribution in [0.1, 0.15) is 6.42 Å². The van der Waals surface area contributed by atoms with E-state index in [1.54, 1.807) is 0 Å². The summed E-state index contributed by atoms with van der Waals surface area (Å²) in [5.74, 6) is -0.190. The minimum absolute atomic E-state index is 0.151. The third kappa shape index (κ3) is 4.05. The molecule has 1 amide bonds. The van der Waals surface area contributed by atoms with Crippen molar-refractivity contribution in [1.82, 2.24) is 9.55 Å². The smallest absolute Gasteiger partial charge is 0.326 e. The van der Waals surface area contributed by atoms with Crippen molar-refractivity contribution in [1.29, 1.82) is 0 Å². The molecule has 1 aromatic heterocycles. The van der Waals surface area contributed by atoms with E-state index in [4.69, 9.17) is 0 Å². The Balaban J connectivity index is 1.93. The normalized spacial score (nSPS) is 10.2. The van der Waals surface area contributed by atoms with Crippen LogP contribution in [0, 0.1) is 3.57 Å². The standard InChI is InChI=1S/C13H12IN3O3/c14-9-1-3-10(4-2-9)15-11(18)5-7-17-8-6-12(19)16-13(17)20/h1-4,6,8H,5,7H2,(H,15,18)(H,16,19,20). The quantitative estimate of drug-likeness (QED) is 0.776. The summed E-state index contributed by atoms with van der Waals surface area (Å²) in [4.78, 5) is 36.2. The molecule has 0 spiro atoms. The summed E-state index contributed by atoms with van der Waals surface area (Å²) in [6.45, 7) is 0.214. The number of amides is 1. The molecule has 0 saturated carbocycles. The Bertz CT molecular complexity index is 719. The van der Waals surface area contributed by atoms with Crippen LogP contribution >= 0.6 is 22.6 Å². The molecule has 1 heterocycles. The number of rotatable bonds is 4. The lowest BCUT2D eigenvalue weighted by Crippen LogP contribution is -2.29. The average Bonchev–Trinajstić information content (AvgIpc) is 2.40. The molecular weight excluding hydrogens is 373 g/mol. The van der Waals surface area contributed by atoms with Crippen LogP contribution in [-0.2, 0) is 11.3 Å². The molecule has 7 heteroatoms. The van der Waals surface area contributed by atoms with Crippen LogP contribution < -0.4 is 16.6 Å². The highest BCUT2D eigenvalue weighted by molar-refractivity contribution is 14.1. The van der Waals surface area contributed by atoms with Crippen LogP contribution in [0.25, 0.3) is 0 Å². The number of aryl methyl sites for hydroxylation is 1. The number of nitrogens with one attached hydrogen (secondary N) is 2. The third-order valence-electron chi connectivity index (χ3n) is 2.60. The lowest BCUT2D eigenvalue weighted by atomic mass is 10.3. The van der Waals surface area contributed by atoms with Crippen molar-refractivity contribution in [3.05, 3.63) is 60.9 Å². The van der Waals surface area contributed by atoms with Gasteiger partial charge in [-0.25, -0.2) is 4.79 Å². The van der Waals surface area contributed by atoms with E-state index in [9.17, 15) is 14.4 Å². The second kappa shape index (κ2) is 6.51. The Morgan fingerprint density at radius 2 is 1.90 bits per heavy atom. The molecule has 0 aliphatic carbocycles. The number of carbonyl (C=O) groups excluding carboxylic acids is 1. The van der Waals surface area contributed by atoms with E-state index in [1.165, 1.54) is 16.8 Å². The monoisotopic (exact) mass is 385 g/mol. The summed E-state index contributed by atoms with van der Waals surface area (Å²) in [7, 11) is 0. The molecule has 6 nitrogen and oxygen atoms in total. The first-order valence-electron chi connectivity index (χ1n) is 5.90. The van der Waals surface area contributed by atoms with Crippen LogP contribution in [0.15, 0.2) is 46.1 Å². The highest BCUT2D eigenvalue weighted by Crippen LogP contribution is 2.11. The van der Waals surface area contributed by atoms with Crippen LogP contribution in [0.4, 0.5) is 5.69 Å². The zero-order valence-corrected chi connectivity index (χ0v) is 12.6. The Labute approximate surface area is 128 Å². The molecule has 0 fully saturated rings. The van der Waals surface area contributed by atoms with Gasteiger partial charge in [0.05, 0.1) is 0 Å². The summed E-state index contributed by atoms with van der Waals surface area (Å²) >= 11 is 2.18. The zero-order chi connectivity index (χ0) is 14.5. The first-order chi connectivity index (χ1) is 9.54. The zero-order valence-electron chi connectivity index (χ0n) is 10.4. The molecule has 0 saturated heterocycles. The van der Waals surface area contributed by atoms with Crippen molar-refractivity contribution in [3.8, 4) is 0 Å². The number of hydrogen-bond acceptors (Lipinski definition) is 3. The van der Waals surface area contributed by atoms with Gasteiger partial charge in [0.25, 0.3) is 5.56 Å². The molecule has 1 aromatic carbocycles. The first-order valence-corrected chi connectivity index (χ1v) is 6.98. The highest BCUT2D eigenvalue weighted by Gasteiger charge is 2.04. The van der Waals surface area contributed by atoms with E-state index >= 15 is 0 Å². The van der Waals surface area contributed by atoms with Gasteiger partial charge in [0, 0.05) is 34.5 Å². The number of aromatic nitrogens is 2. The van der Waals surface area contributed by atoms with Crippen molar-refractivity contribution in [2.45, 2.75) is 13.0 Å². The second-order valence-corrected chi connectivity index (χ2v) is 5.35. The molecule has 0 unspecified atom stereocenters. The molecule has 2 aromatic rings. The Hall–Kier alpha value is -1.90. The van der Waals surface area contributed by atoms with Gasteiger partial charge in [0.2, 0.25) is 5.91 Å². The molecule has 0 bridgehead atoms. The molecule has 0 aliphatic heterocycles. The van der Waals surface area contributed by atoms with Gasteiger partial charge in [0.15, 0.2) is 0 Å². The molecule has 0 radical (unpaired) electrons. The average molecular weight is 385 g/mol. The molecule has 2 N–H and O–H groups in total. The van der Waals surface area contributed by atoms with Crippen molar-refractivity contribution in [2.24, 2.45) is 0 Å². The number of aromatic amines is 1. The fraction of sp³-hybridized carbons (Fsp3) is 0.154. The van der Waals surface area contributed by atoms with E-state index in [1.807, 2.05) is 24.3 Å². The van der Waals surface area contributed by atoms with Crippen LogP contribution in [-0.4, -0.2) is 15.5 Å². The minimum Gasteiger partial charge on any atom is -0.326 e. The van der Waals surface area contributed by atoms with Gasteiger partial charge in [0.1, 0.15) is 0 Å². The summed E-state index contributed by atoms with van der Waals surface area (Å²) < 4.78 is 2.37. The van der Waals surface area contributed by atoms with Gasteiger partial charge >= 0.3 is 5.69 Å². The molecule has 20 heavy (non-hydrogen) atoms. The Morgan fingerprint density at radius 3 is 2.55 bits per heavy atom. The maximum absolute atomic E-state index is 11.7. The molecule has 104 valence electrons. The van der Waals surface area contributed by atoms with Crippen molar-refractivity contribution in [3.63, 3.8) is 0 Å². The fourth-order valence-electron chi connectivity index (χ4n) is 1.60. The predicted molar refractivity (Wildman–Crippen MR) is 83.7 cm³/mol. The van der Waals surface area contributed by atoms with Gasteiger partial charge in [-0.1, -0.05) is 0 Å². The highest BCUT2D eigenvalue weighted by atomic mass is 127. The summed E-state index contributed by atoms with van der Waals surface area (Å²) in [6.07, 6.45) is 1.53. The first kappa shape index (κ1) is 14.5. The van der Waals surface area contributed by atoms with E-state index in [2.05, 4.69) is 32.9 Å². The summed E-state index contributed by atoms with van der Waals surface area (Å²) in [5, 5.41) is 2.74. The topological polar surface area (TPSA) is 84.0 Å². The van der Waals surface area contributed by atoms with Crippen LogP contribution in [0.2, 0.25) is 0 Å². The van der Waals surface area contributed by atoms with Crippen molar-refractivity contribution < 1.29 is 4.79 Å². The van der Waals surface area contributed by atoms with Gasteiger partial charge in [-0.3, -0.25) is 14.6 Å². The maximum atomic E-state index is 11.7. The lowest BCUT2D eigenvalue weighted by molar-refractivity contribution is -0.116. The number of anilines is 1. The number of halogens is 1. The second-order valence-electron chi connectivity index (χ2n) is 4.11. The number of benzene rings is 1. The van der Waals surface area contributed by atoms with Crippen LogP contribution in [0.5, 0.6) is 0 Å². The predicted octanol–water partition coefficient (Wildman–Crippen LogP) is 1.17. The third-order valence-corrected chi connectivity index (χ3v) is 3.32. The van der Waals surface area contributed by atoms with E-state index < -0.39 is 11.2 Å². The largest absolute Gasteiger partial charge is 0.328 e. The molecular formula is C13H12IN3O3. The van der Waals surface area contributed by atoms with Gasteiger partial charge in [-0.2, -0.15) is 0 Å². The number of hydrogen-bond donors (Lipinski definition) is 2. The number of H-pyrrole nitrogens is 1. The van der Waals surface area contributed by atoms with Crippen molar-refractivity contribution in [2.75, 3.05) is 5.32 Å². The van der Waals surface area contributed by atoms with Gasteiger partial charge < -0.3 is 9.88 Å². The van der Waals surface area contributed by atoms with E-state index in [0.717, 1.165) is 3.57 Å². The lowest BCUT2D eigenvalue weighted by Gasteiger charge is -2.06. The minimum atomic E-state index is -0.514. The maximum Gasteiger partial charge on any atom is 0.328 e. The molecule has 0 atom stereocenters. The summed E-state index contributed by atoms with van der Waals surface area (Å²) in [6, 6.07) is 8.65. The molecule has 0 aliphatic rings.